The Labute approximate surface area is 208 Å². The largest absolute Gasteiger partial charge is 0.493 e. The van der Waals surface area contributed by atoms with Gasteiger partial charge in [-0.2, -0.15) is 18.3 Å². The van der Waals surface area contributed by atoms with Crippen LogP contribution in [0.2, 0.25) is 0 Å². The topological polar surface area (TPSA) is 131 Å². The van der Waals surface area contributed by atoms with Gasteiger partial charge in [-0.15, -0.1) is 11.3 Å². The number of amidine groups is 1. The normalized spacial score (nSPS) is 12.1. The fourth-order valence-electron chi connectivity index (χ4n) is 3.48. The van der Waals surface area contributed by atoms with E-state index < -0.39 is 24.0 Å². The summed E-state index contributed by atoms with van der Waals surface area (Å²) >= 11 is 1.37. The molecule has 0 aliphatic rings. The average Bonchev–Trinajstić information content (AvgIpc) is 3.31. The fraction of sp³-hybridized carbons (Fsp3) is 0.348. The molecule has 2 aromatic heterocycles. The van der Waals surface area contributed by atoms with Gasteiger partial charge >= 0.3 is 6.18 Å². The van der Waals surface area contributed by atoms with Crippen LogP contribution in [0.5, 0.6) is 5.75 Å². The third-order valence-electron chi connectivity index (χ3n) is 5.27. The van der Waals surface area contributed by atoms with E-state index >= 15 is 0 Å². The van der Waals surface area contributed by atoms with Crippen LogP contribution < -0.4 is 27.4 Å². The molecule has 36 heavy (non-hydrogen) atoms. The van der Waals surface area contributed by atoms with E-state index in [1.165, 1.54) is 23.5 Å². The Bertz CT molecular complexity index is 1270. The SMILES string of the molecule is CCc1cnc(-c2cc(-c3ccc(OCCCCCC(F)(F)F)cc3F)[nH]c(=O)c2/C(=N/N)NN)s1. The van der Waals surface area contributed by atoms with Gasteiger partial charge in [0.15, 0.2) is 5.84 Å². The molecule has 0 amide bonds. The highest BCUT2D eigenvalue weighted by atomic mass is 32.1. The highest BCUT2D eigenvalue weighted by Gasteiger charge is 2.25. The van der Waals surface area contributed by atoms with Crippen LogP contribution in [0.25, 0.3) is 21.8 Å². The maximum Gasteiger partial charge on any atom is 0.389 e. The number of hydrogen-bond donors (Lipinski definition) is 4. The van der Waals surface area contributed by atoms with Crippen molar-refractivity contribution in [2.75, 3.05) is 6.61 Å². The Morgan fingerprint density at radius 3 is 2.61 bits per heavy atom. The highest BCUT2D eigenvalue weighted by Crippen LogP contribution is 2.32. The van der Waals surface area contributed by atoms with Crippen molar-refractivity contribution < 1.29 is 22.3 Å². The van der Waals surface area contributed by atoms with Gasteiger partial charge in [-0.1, -0.05) is 6.92 Å². The number of hydrazine groups is 1. The van der Waals surface area contributed by atoms with Crippen LogP contribution in [-0.2, 0) is 6.42 Å². The number of nitrogens with one attached hydrogen (secondary N) is 2. The van der Waals surface area contributed by atoms with E-state index in [0.29, 0.717) is 23.4 Å². The van der Waals surface area contributed by atoms with Gasteiger partial charge in [0.2, 0.25) is 0 Å². The molecule has 0 saturated carbocycles. The molecule has 3 aromatic rings. The number of aryl methyl sites for hydroxylation is 1. The molecule has 13 heteroatoms. The number of alkyl halides is 3. The van der Waals surface area contributed by atoms with E-state index in [9.17, 15) is 22.4 Å². The number of nitrogens with two attached hydrogens (primary N) is 2. The minimum absolute atomic E-state index is 0.0148. The number of ether oxygens (including phenoxy) is 1. The van der Waals surface area contributed by atoms with Crippen molar-refractivity contribution >= 4 is 17.2 Å². The smallest absolute Gasteiger partial charge is 0.389 e. The van der Waals surface area contributed by atoms with Crippen LogP contribution in [0.1, 0.15) is 43.0 Å². The summed E-state index contributed by atoms with van der Waals surface area (Å²) in [6, 6.07) is 5.69. The third kappa shape index (κ3) is 6.82. The van der Waals surface area contributed by atoms with Crippen molar-refractivity contribution in [3.63, 3.8) is 0 Å². The molecular weight excluding hydrogens is 500 g/mol. The van der Waals surface area contributed by atoms with E-state index in [4.69, 9.17) is 16.4 Å². The first-order valence-corrected chi connectivity index (χ1v) is 11.9. The number of thiazole rings is 1. The lowest BCUT2D eigenvalue weighted by Crippen LogP contribution is -2.36. The van der Waals surface area contributed by atoms with Gasteiger partial charge < -0.3 is 21.0 Å². The number of benzene rings is 1. The van der Waals surface area contributed by atoms with Crippen LogP contribution >= 0.6 is 11.3 Å². The Morgan fingerprint density at radius 2 is 2.00 bits per heavy atom. The zero-order chi connectivity index (χ0) is 26.3. The quantitative estimate of drug-likeness (QED) is 0.0771. The van der Waals surface area contributed by atoms with Crippen molar-refractivity contribution in [3.8, 4) is 27.6 Å². The van der Waals surface area contributed by atoms with Gasteiger partial charge in [0.1, 0.15) is 16.6 Å². The fourth-order valence-corrected chi connectivity index (χ4v) is 4.35. The summed E-state index contributed by atoms with van der Waals surface area (Å²) in [5.41, 5.74) is 2.43. The summed E-state index contributed by atoms with van der Waals surface area (Å²) in [6.07, 6.45) is -1.80. The standard InChI is InChI=1S/C23H26F4N6O2S/c1-2-14-12-30-22(36-14)16-11-18(31-21(34)19(16)20(32-28)33-29)15-7-6-13(10-17(15)24)35-9-5-3-4-8-23(25,26)27/h6-7,10-12H,2-5,8-9,28-29H2,1H3,(H,31,34)(H,32,33). The van der Waals surface area contributed by atoms with Gasteiger partial charge in [0, 0.05) is 34.7 Å². The summed E-state index contributed by atoms with van der Waals surface area (Å²) in [5, 5.41) is 4.04. The van der Waals surface area contributed by atoms with Crippen LogP contribution in [-0.4, -0.2) is 28.6 Å². The molecule has 0 bridgehead atoms. The summed E-state index contributed by atoms with van der Waals surface area (Å²) in [4.78, 5) is 21.0. The first-order chi connectivity index (χ1) is 17.2. The molecule has 6 N–H and O–H groups in total. The van der Waals surface area contributed by atoms with Crippen LogP contribution in [0.15, 0.2) is 40.4 Å². The summed E-state index contributed by atoms with van der Waals surface area (Å²) in [5.74, 6) is 10.4. The molecule has 0 atom stereocenters. The van der Waals surface area contributed by atoms with E-state index in [0.717, 1.165) is 17.4 Å². The monoisotopic (exact) mass is 526 g/mol. The molecule has 8 nitrogen and oxygen atoms in total. The lowest BCUT2D eigenvalue weighted by Gasteiger charge is -2.12. The summed E-state index contributed by atoms with van der Waals surface area (Å²) < 4.78 is 57.1. The number of aromatic nitrogens is 2. The first kappa shape index (κ1) is 27.1. The highest BCUT2D eigenvalue weighted by molar-refractivity contribution is 7.15. The molecule has 0 fully saturated rings. The summed E-state index contributed by atoms with van der Waals surface area (Å²) in [7, 11) is 0. The molecular formula is C23H26F4N6O2S. The van der Waals surface area contributed by atoms with E-state index in [1.54, 1.807) is 12.3 Å². The van der Waals surface area contributed by atoms with Gasteiger partial charge in [-0.05, 0) is 43.9 Å². The molecule has 0 radical (unpaired) electrons. The lowest BCUT2D eigenvalue weighted by molar-refractivity contribution is -0.135. The number of pyridine rings is 1. The second-order valence-electron chi connectivity index (χ2n) is 7.82. The molecule has 0 aliphatic heterocycles. The first-order valence-electron chi connectivity index (χ1n) is 11.1. The number of unbranched alkanes of at least 4 members (excludes halogenated alkanes) is 2. The second kappa shape index (κ2) is 12.0. The minimum Gasteiger partial charge on any atom is -0.493 e. The molecule has 0 saturated heterocycles. The number of halogens is 4. The lowest BCUT2D eigenvalue weighted by atomic mass is 10.0. The van der Waals surface area contributed by atoms with E-state index in [-0.39, 0.29) is 41.4 Å². The minimum atomic E-state index is -4.17. The molecule has 0 spiro atoms. The van der Waals surface area contributed by atoms with Crippen LogP contribution in [0.3, 0.4) is 0 Å². The third-order valence-corrected chi connectivity index (χ3v) is 6.45. The zero-order valence-corrected chi connectivity index (χ0v) is 20.2. The van der Waals surface area contributed by atoms with Crippen molar-refractivity contribution in [3.05, 3.63) is 57.1 Å². The van der Waals surface area contributed by atoms with E-state index in [2.05, 4.69) is 20.5 Å². The van der Waals surface area contributed by atoms with Crippen molar-refractivity contribution in [1.82, 2.24) is 15.4 Å². The van der Waals surface area contributed by atoms with Crippen LogP contribution in [0, 0.1) is 5.82 Å². The van der Waals surface area contributed by atoms with Crippen molar-refractivity contribution in [2.45, 2.75) is 45.2 Å². The van der Waals surface area contributed by atoms with Crippen molar-refractivity contribution in [2.24, 2.45) is 16.8 Å². The Morgan fingerprint density at radius 1 is 1.22 bits per heavy atom. The Hall–Kier alpha value is -3.45. The number of aromatic amines is 1. The maximum absolute atomic E-state index is 15.0. The van der Waals surface area contributed by atoms with Crippen molar-refractivity contribution in [1.29, 1.82) is 0 Å². The number of H-pyrrole nitrogens is 1. The molecule has 0 aliphatic carbocycles. The molecule has 2 heterocycles. The number of hydrogen-bond acceptors (Lipinski definition) is 7. The average molecular weight is 527 g/mol. The van der Waals surface area contributed by atoms with Gasteiger partial charge in [0.25, 0.3) is 5.56 Å². The summed E-state index contributed by atoms with van der Waals surface area (Å²) in [6.45, 7) is 2.13. The van der Waals surface area contributed by atoms with Gasteiger partial charge in [-0.3, -0.25) is 4.79 Å². The van der Waals surface area contributed by atoms with Gasteiger partial charge in [0.05, 0.1) is 17.9 Å². The zero-order valence-electron chi connectivity index (χ0n) is 19.4. The maximum atomic E-state index is 15.0. The Kier molecular flexibility index (Phi) is 9.04. The van der Waals surface area contributed by atoms with E-state index in [1.807, 2.05) is 6.92 Å². The number of nitrogens with zero attached hydrogens (tertiary/aromatic N) is 2. The Balaban J connectivity index is 1.85. The number of rotatable bonds is 10. The molecule has 0 unspecified atom stereocenters. The molecule has 194 valence electrons. The second-order valence-corrected chi connectivity index (χ2v) is 8.94. The molecule has 1 aromatic carbocycles. The van der Waals surface area contributed by atoms with Gasteiger partial charge in [-0.25, -0.2) is 15.2 Å². The molecule has 3 rings (SSSR count). The predicted molar refractivity (Wildman–Crippen MR) is 131 cm³/mol. The van der Waals surface area contributed by atoms with Crippen LogP contribution in [0.4, 0.5) is 17.6 Å². The predicted octanol–water partition coefficient (Wildman–Crippen LogP) is 4.45. The number of hydrazone groups is 1.